The first-order valence-corrected chi connectivity index (χ1v) is 8.24. The van der Waals surface area contributed by atoms with Crippen LogP contribution in [0.25, 0.3) is 0 Å². The fourth-order valence-corrected chi connectivity index (χ4v) is 3.62. The van der Waals surface area contributed by atoms with Crippen LogP contribution >= 0.6 is 23.4 Å². The Balaban J connectivity index is 1.85. The number of ketones is 1. The molecular weight excluding hydrogens is 361 g/mol. The zero-order chi connectivity index (χ0) is 17.5. The molecule has 0 saturated heterocycles. The van der Waals surface area contributed by atoms with Gasteiger partial charge in [-0.3, -0.25) is 4.79 Å². The number of ether oxygens (including phenoxy) is 1. The SMILES string of the molecule is COc1cc2c(cc1Cl)CC(c1ccc(SC(F)(F)F)cc1)C2=O. The average molecular weight is 373 g/mol. The molecule has 0 bridgehead atoms. The summed E-state index contributed by atoms with van der Waals surface area (Å²) in [4.78, 5) is 12.7. The monoisotopic (exact) mass is 372 g/mol. The summed E-state index contributed by atoms with van der Waals surface area (Å²) in [5.74, 6) is -0.0503. The maximum absolute atomic E-state index is 12.6. The van der Waals surface area contributed by atoms with Crippen LogP contribution in [0.4, 0.5) is 13.2 Å². The van der Waals surface area contributed by atoms with Crippen molar-refractivity contribution in [3.8, 4) is 5.75 Å². The van der Waals surface area contributed by atoms with Crippen LogP contribution in [0.1, 0.15) is 27.4 Å². The lowest BCUT2D eigenvalue weighted by Gasteiger charge is -2.10. The zero-order valence-electron chi connectivity index (χ0n) is 12.5. The van der Waals surface area contributed by atoms with E-state index in [0.717, 1.165) is 5.56 Å². The fraction of sp³-hybridized carbons (Fsp3) is 0.235. The van der Waals surface area contributed by atoms with E-state index in [9.17, 15) is 18.0 Å². The van der Waals surface area contributed by atoms with Crippen molar-refractivity contribution in [2.24, 2.45) is 0 Å². The van der Waals surface area contributed by atoms with E-state index in [1.165, 1.54) is 19.2 Å². The highest BCUT2D eigenvalue weighted by molar-refractivity contribution is 8.00. The summed E-state index contributed by atoms with van der Waals surface area (Å²) in [5.41, 5.74) is -2.26. The van der Waals surface area contributed by atoms with E-state index in [1.807, 2.05) is 0 Å². The van der Waals surface area contributed by atoms with E-state index in [1.54, 1.807) is 24.3 Å². The predicted octanol–water partition coefficient (Wildman–Crippen LogP) is 5.48. The average Bonchev–Trinajstić information content (AvgIpc) is 2.82. The molecule has 1 aliphatic rings. The number of methoxy groups -OCH3 is 1. The Hall–Kier alpha value is -1.66. The molecule has 0 saturated carbocycles. The van der Waals surface area contributed by atoms with Gasteiger partial charge in [0.15, 0.2) is 5.78 Å². The number of hydrogen-bond donors (Lipinski definition) is 0. The Kier molecular flexibility index (Phi) is 4.53. The van der Waals surface area contributed by atoms with E-state index in [2.05, 4.69) is 0 Å². The second-order valence-corrected chi connectivity index (χ2v) is 6.93. The highest BCUT2D eigenvalue weighted by atomic mass is 35.5. The highest BCUT2D eigenvalue weighted by Gasteiger charge is 2.33. The van der Waals surface area contributed by atoms with Crippen LogP contribution in [-0.2, 0) is 6.42 Å². The van der Waals surface area contributed by atoms with Crippen molar-refractivity contribution in [2.45, 2.75) is 22.7 Å². The van der Waals surface area contributed by atoms with Gasteiger partial charge in [-0.05, 0) is 53.6 Å². The standard InChI is InChI=1S/C17H12ClF3O2S/c1-23-15-8-13-10(7-14(15)18)6-12(16(13)22)9-2-4-11(5-3-9)24-17(19,20)21/h2-5,7-8,12H,6H2,1H3. The third-order valence-electron chi connectivity index (χ3n) is 3.90. The molecule has 2 aromatic carbocycles. The lowest BCUT2D eigenvalue weighted by Crippen LogP contribution is -2.07. The molecule has 3 rings (SSSR count). The molecule has 1 aliphatic carbocycles. The van der Waals surface area contributed by atoms with Crippen molar-refractivity contribution >= 4 is 29.1 Å². The van der Waals surface area contributed by atoms with Gasteiger partial charge in [-0.1, -0.05) is 23.7 Å². The number of benzene rings is 2. The van der Waals surface area contributed by atoms with Gasteiger partial charge in [0.05, 0.1) is 18.1 Å². The van der Waals surface area contributed by atoms with Crippen LogP contribution in [0.2, 0.25) is 5.02 Å². The van der Waals surface area contributed by atoms with E-state index >= 15 is 0 Å². The minimum atomic E-state index is -4.33. The Labute approximate surface area is 146 Å². The van der Waals surface area contributed by atoms with Crippen LogP contribution in [0.5, 0.6) is 5.75 Å². The summed E-state index contributed by atoms with van der Waals surface area (Å²) >= 11 is 5.91. The summed E-state index contributed by atoms with van der Waals surface area (Å²) in [6.07, 6.45) is 0.476. The second-order valence-electron chi connectivity index (χ2n) is 5.38. The lowest BCUT2D eigenvalue weighted by atomic mass is 9.95. The van der Waals surface area contributed by atoms with Crippen molar-refractivity contribution in [2.75, 3.05) is 7.11 Å². The molecule has 0 heterocycles. The van der Waals surface area contributed by atoms with Crippen molar-refractivity contribution in [3.63, 3.8) is 0 Å². The molecule has 0 aliphatic heterocycles. The largest absolute Gasteiger partial charge is 0.495 e. The molecule has 0 radical (unpaired) electrons. The molecular formula is C17H12ClF3O2S. The fourth-order valence-electron chi connectivity index (χ4n) is 2.82. The summed E-state index contributed by atoms with van der Waals surface area (Å²) in [6.45, 7) is 0. The first-order chi connectivity index (χ1) is 11.3. The number of halogens is 4. The molecule has 2 nitrogen and oxygen atoms in total. The number of carbonyl (C=O) groups excluding carboxylic acids is 1. The van der Waals surface area contributed by atoms with Gasteiger partial charge >= 0.3 is 5.51 Å². The summed E-state index contributed by atoms with van der Waals surface area (Å²) < 4.78 is 42.3. The zero-order valence-corrected chi connectivity index (χ0v) is 14.1. The molecule has 0 aromatic heterocycles. The van der Waals surface area contributed by atoms with Crippen LogP contribution in [0.3, 0.4) is 0 Å². The topological polar surface area (TPSA) is 26.3 Å². The minimum Gasteiger partial charge on any atom is -0.495 e. The minimum absolute atomic E-state index is 0.0730. The molecule has 7 heteroatoms. The van der Waals surface area contributed by atoms with Gasteiger partial charge in [-0.25, -0.2) is 0 Å². The van der Waals surface area contributed by atoms with Crippen LogP contribution in [-0.4, -0.2) is 18.4 Å². The maximum Gasteiger partial charge on any atom is 0.446 e. The van der Waals surface area contributed by atoms with Crippen LogP contribution in [0, 0.1) is 0 Å². The van der Waals surface area contributed by atoms with Crippen molar-refractivity contribution < 1.29 is 22.7 Å². The number of Topliss-reactive ketones (excluding diaryl/α,β-unsaturated/α-hetero) is 1. The smallest absolute Gasteiger partial charge is 0.446 e. The summed E-state index contributed by atoms with van der Waals surface area (Å²) in [6, 6.07) is 9.24. The number of alkyl halides is 3. The molecule has 0 N–H and O–H groups in total. The van der Waals surface area contributed by atoms with Crippen LogP contribution in [0.15, 0.2) is 41.3 Å². The third kappa shape index (κ3) is 3.39. The molecule has 0 amide bonds. The van der Waals surface area contributed by atoms with Gasteiger partial charge in [0.1, 0.15) is 5.75 Å². The summed E-state index contributed by atoms with van der Waals surface area (Å²) in [5, 5.41) is 0.432. The van der Waals surface area contributed by atoms with Crippen molar-refractivity contribution in [1.82, 2.24) is 0 Å². The first-order valence-electron chi connectivity index (χ1n) is 7.05. The normalized spacial score (nSPS) is 17.0. The Bertz CT molecular complexity index is 788. The van der Waals surface area contributed by atoms with Gasteiger partial charge in [-0.15, -0.1) is 0 Å². The molecule has 126 valence electrons. The molecule has 1 atom stereocenters. The molecule has 0 fully saturated rings. The van der Waals surface area contributed by atoms with Gasteiger partial charge in [-0.2, -0.15) is 13.2 Å². The van der Waals surface area contributed by atoms with Crippen molar-refractivity contribution in [3.05, 3.63) is 58.1 Å². The number of rotatable bonds is 3. The van der Waals surface area contributed by atoms with Crippen molar-refractivity contribution in [1.29, 1.82) is 0 Å². The van der Waals surface area contributed by atoms with Gasteiger partial charge in [0.2, 0.25) is 0 Å². The summed E-state index contributed by atoms with van der Waals surface area (Å²) in [7, 11) is 1.47. The maximum atomic E-state index is 12.6. The number of hydrogen-bond acceptors (Lipinski definition) is 3. The number of fused-ring (bicyclic) bond motifs is 1. The number of thioether (sulfide) groups is 1. The Morgan fingerprint density at radius 3 is 2.46 bits per heavy atom. The van der Waals surface area contributed by atoms with Gasteiger partial charge in [0.25, 0.3) is 0 Å². The number of carbonyl (C=O) groups is 1. The van der Waals surface area contributed by atoms with Crippen LogP contribution < -0.4 is 4.74 Å². The molecule has 24 heavy (non-hydrogen) atoms. The van der Waals surface area contributed by atoms with Gasteiger partial charge < -0.3 is 4.74 Å². The van der Waals surface area contributed by atoms with E-state index in [0.29, 0.717) is 28.3 Å². The van der Waals surface area contributed by atoms with Gasteiger partial charge in [0, 0.05) is 10.5 Å². The quantitative estimate of drug-likeness (QED) is 0.667. The molecule has 0 spiro atoms. The van der Waals surface area contributed by atoms with E-state index < -0.39 is 11.4 Å². The molecule has 1 unspecified atom stereocenters. The first kappa shape index (κ1) is 17.2. The third-order valence-corrected chi connectivity index (χ3v) is 4.93. The van der Waals surface area contributed by atoms with E-state index in [-0.39, 0.29) is 22.4 Å². The lowest BCUT2D eigenvalue weighted by molar-refractivity contribution is -0.0328. The molecule has 2 aromatic rings. The van der Waals surface area contributed by atoms with E-state index in [4.69, 9.17) is 16.3 Å². The second kappa shape index (κ2) is 6.33. The highest BCUT2D eigenvalue weighted by Crippen LogP contribution is 2.40. The Morgan fingerprint density at radius 2 is 1.88 bits per heavy atom. The Morgan fingerprint density at radius 1 is 1.21 bits per heavy atom. The predicted molar refractivity (Wildman–Crippen MR) is 87.1 cm³/mol.